The molecule has 0 aromatic carbocycles. The summed E-state index contributed by atoms with van der Waals surface area (Å²) in [6.45, 7) is 4.65. The monoisotopic (exact) mass is 377 g/mol. The first-order valence-corrected chi connectivity index (χ1v) is 9.51. The summed E-state index contributed by atoms with van der Waals surface area (Å²) in [7, 11) is 7.69. The Kier molecular flexibility index (Phi) is 6.01. The number of hydrogen-bond donors (Lipinski definition) is 1. The highest BCUT2D eigenvalue weighted by atomic mass is 16.2. The lowest BCUT2D eigenvalue weighted by atomic mass is 10.2. The molecule has 1 fully saturated rings. The van der Waals surface area contributed by atoms with Gasteiger partial charge in [0.15, 0.2) is 0 Å². The summed E-state index contributed by atoms with van der Waals surface area (Å²) in [6, 6.07) is 2.53. The maximum absolute atomic E-state index is 12.2. The summed E-state index contributed by atoms with van der Waals surface area (Å²) < 4.78 is 1.93. The highest BCUT2D eigenvalue weighted by molar-refractivity contribution is 5.78. The maximum atomic E-state index is 12.2. The lowest BCUT2D eigenvalue weighted by Crippen LogP contribution is -2.43. The second-order valence-electron chi connectivity index (χ2n) is 7.87. The van der Waals surface area contributed by atoms with Crippen molar-refractivity contribution in [2.75, 3.05) is 54.4 Å². The van der Waals surface area contributed by atoms with Crippen molar-refractivity contribution in [3.63, 3.8) is 0 Å². The molecule has 1 unspecified atom stereocenters. The largest absolute Gasteiger partial charge is 0.349 e. The molecule has 2 aliphatic heterocycles. The zero-order chi connectivity index (χ0) is 19.6. The van der Waals surface area contributed by atoms with E-state index in [0.29, 0.717) is 38.8 Å². The van der Waals surface area contributed by atoms with Crippen LogP contribution in [0.15, 0.2) is 6.07 Å². The van der Waals surface area contributed by atoms with Gasteiger partial charge >= 0.3 is 6.03 Å². The van der Waals surface area contributed by atoms with Gasteiger partial charge in [-0.25, -0.2) is 4.79 Å². The Morgan fingerprint density at radius 1 is 1.22 bits per heavy atom. The molecule has 0 aliphatic carbocycles. The van der Waals surface area contributed by atoms with E-state index < -0.39 is 0 Å². The lowest BCUT2D eigenvalue weighted by molar-refractivity contribution is -0.122. The minimum atomic E-state index is 0.0129. The number of hydrogen-bond acceptors (Lipinski definition) is 5. The molecule has 150 valence electrons. The molecule has 1 N–H and O–H groups in total. The van der Waals surface area contributed by atoms with E-state index >= 15 is 0 Å². The molecule has 2 aliphatic rings. The number of rotatable bonds is 5. The molecule has 3 amide bonds. The molecule has 9 nitrogen and oxygen atoms in total. The summed E-state index contributed by atoms with van der Waals surface area (Å²) in [6.07, 6.45) is 1.11. The zero-order valence-corrected chi connectivity index (χ0v) is 16.8. The van der Waals surface area contributed by atoms with Crippen molar-refractivity contribution in [1.82, 2.24) is 34.7 Å². The van der Waals surface area contributed by atoms with Crippen LogP contribution in [-0.2, 0) is 24.4 Å². The van der Waals surface area contributed by atoms with E-state index in [4.69, 9.17) is 0 Å². The number of amides is 3. The minimum absolute atomic E-state index is 0.0129. The number of carbonyl (C=O) groups is 2. The Bertz CT molecular complexity index is 685. The Labute approximate surface area is 160 Å². The Morgan fingerprint density at radius 3 is 2.67 bits per heavy atom. The number of likely N-dealkylation sites (N-methyl/N-ethyl adjacent to an activating group) is 1. The molecule has 27 heavy (non-hydrogen) atoms. The number of nitrogens with one attached hydrogen (secondary N) is 1. The molecular formula is C18H31N7O2. The van der Waals surface area contributed by atoms with E-state index in [2.05, 4.69) is 34.3 Å². The normalized spacial score (nSPS) is 20.0. The highest BCUT2D eigenvalue weighted by Gasteiger charge is 2.26. The van der Waals surface area contributed by atoms with Crippen molar-refractivity contribution in [2.45, 2.75) is 32.1 Å². The predicted octanol–water partition coefficient (Wildman–Crippen LogP) is -0.368. The number of carbonyl (C=O) groups excluding carboxylic acids is 2. The second-order valence-corrected chi connectivity index (χ2v) is 7.87. The summed E-state index contributed by atoms with van der Waals surface area (Å²) in [4.78, 5) is 32.2. The van der Waals surface area contributed by atoms with E-state index in [1.807, 2.05) is 15.6 Å². The van der Waals surface area contributed by atoms with Crippen LogP contribution in [0.5, 0.6) is 0 Å². The molecular weight excluding hydrogens is 346 g/mol. The third kappa shape index (κ3) is 4.78. The molecule has 0 radical (unpaired) electrons. The van der Waals surface area contributed by atoms with Crippen LogP contribution in [-0.4, -0.2) is 102 Å². The molecule has 0 spiro atoms. The van der Waals surface area contributed by atoms with E-state index in [1.54, 1.807) is 19.0 Å². The first-order chi connectivity index (χ1) is 12.8. The van der Waals surface area contributed by atoms with Gasteiger partial charge in [-0.15, -0.1) is 0 Å². The third-order valence-corrected chi connectivity index (χ3v) is 5.31. The van der Waals surface area contributed by atoms with Gasteiger partial charge in [-0.3, -0.25) is 14.4 Å². The highest BCUT2D eigenvalue weighted by Crippen LogP contribution is 2.15. The molecule has 9 heteroatoms. The Hall–Kier alpha value is -2.13. The van der Waals surface area contributed by atoms with Gasteiger partial charge in [0.25, 0.3) is 0 Å². The summed E-state index contributed by atoms with van der Waals surface area (Å²) in [5.74, 6) is 0.0322. The molecule has 0 bridgehead atoms. The number of nitrogens with zero attached hydrogens (tertiary/aromatic N) is 6. The van der Waals surface area contributed by atoms with Crippen LogP contribution in [0.4, 0.5) is 4.79 Å². The van der Waals surface area contributed by atoms with Crippen molar-refractivity contribution in [3.8, 4) is 0 Å². The lowest BCUT2D eigenvalue weighted by Gasteiger charge is -2.29. The van der Waals surface area contributed by atoms with Gasteiger partial charge in [0.2, 0.25) is 5.91 Å². The van der Waals surface area contributed by atoms with E-state index in [-0.39, 0.29) is 11.9 Å². The smallest absolute Gasteiger partial charge is 0.319 e. The second kappa shape index (κ2) is 8.26. The Morgan fingerprint density at radius 2 is 2.00 bits per heavy atom. The van der Waals surface area contributed by atoms with Crippen molar-refractivity contribution >= 4 is 11.9 Å². The number of likely N-dealkylation sites (tertiary alicyclic amines) is 1. The van der Waals surface area contributed by atoms with Gasteiger partial charge in [0.05, 0.1) is 37.6 Å². The summed E-state index contributed by atoms with van der Waals surface area (Å²) in [5.41, 5.74) is 1.85. The van der Waals surface area contributed by atoms with Crippen LogP contribution >= 0.6 is 0 Å². The standard InChI is InChI=1S/C18H31N7O2/c1-21(2)15-5-6-23(11-15)13-17(26)19-10-14-9-16-12-24(18(27)22(3)4)7-8-25(16)20-14/h9,15H,5-8,10-13H2,1-4H3,(H,19,26). The first-order valence-electron chi connectivity index (χ1n) is 9.51. The van der Waals surface area contributed by atoms with Gasteiger partial charge in [-0.1, -0.05) is 0 Å². The molecule has 1 aromatic rings. The Balaban J connectivity index is 1.47. The third-order valence-electron chi connectivity index (χ3n) is 5.31. The average molecular weight is 377 g/mol. The van der Waals surface area contributed by atoms with Crippen molar-refractivity contribution < 1.29 is 9.59 Å². The van der Waals surface area contributed by atoms with E-state index in [1.165, 1.54) is 0 Å². The van der Waals surface area contributed by atoms with Gasteiger partial charge in [-0.2, -0.15) is 5.10 Å². The van der Waals surface area contributed by atoms with E-state index in [0.717, 1.165) is 30.9 Å². The fourth-order valence-corrected chi connectivity index (χ4v) is 3.68. The van der Waals surface area contributed by atoms with Crippen molar-refractivity contribution in [2.24, 2.45) is 0 Å². The molecule has 0 saturated carbocycles. The number of urea groups is 1. The van der Waals surface area contributed by atoms with E-state index in [9.17, 15) is 9.59 Å². The SMILES string of the molecule is CN(C)C(=O)N1CCn2nc(CNC(=O)CN3CCC(N(C)C)C3)cc2C1. The van der Waals surface area contributed by atoms with Crippen molar-refractivity contribution in [3.05, 3.63) is 17.5 Å². The number of fused-ring (bicyclic) bond motifs is 1. The minimum Gasteiger partial charge on any atom is -0.349 e. The van der Waals surface area contributed by atoms with Crippen LogP contribution in [0.1, 0.15) is 17.8 Å². The zero-order valence-electron chi connectivity index (χ0n) is 16.8. The van der Waals surface area contributed by atoms with Crippen molar-refractivity contribution in [1.29, 1.82) is 0 Å². The van der Waals surface area contributed by atoms with Crippen LogP contribution in [0, 0.1) is 0 Å². The predicted molar refractivity (Wildman–Crippen MR) is 102 cm³/mol. The molecule has 1 aromatic heterocycles. The van der Waals surface area contributed by atoms with Gasteiger partial charge < -0.3 is 20.0 Å². The molecule has 3 heterocycles. The fourth-order valence-electron chi connectivity index (χ4n) is 3.68. The van der Waals surface area contributed by atoms with Gasteiger partial charge in [-0.05, 0) is 26.6 Å². The van der Waals surface area contributed by atoms with Crippen LogP contribution in [0.25, 0.3) is 0 Å². The summed E-state index contributed by atoms with van der Waals surface area (Å²) in [5, 5.41) is 7.53. The topological polar surface area (TPSA) is 76.9 Å². The maximum Gasteiger partial charge on any atom is 0.319 e. The number of aromatic nitrogens is 2. The summed E-state index contributed by atoms with van der Waals surface area (Å²) >= 11 is 0. The van der Waals surface area contributed by atoms with Crippen LogP contribution in [0.3, 0.4) is 0 Å². The van der Waals surface area contributed by atoms with Crippen LogP contribution < -0.4 is 5.32 Å². The molecule has 3 rings (SSSR count). The molecule has 1 atom stereocenters. The average Bonchev–Trinajstić information content (AvgIpc) is 3.25. The van der Waals surface area contributed by atoms with Crippen LogP contribution in [0.2, 0.25) is 0 Å². The fraction of sp³-hybridized carbons (Fsp3) is 0.722. The first kappa shape index (κ1) is 19.6. The quantitative estimate of drug-likeness (QED) is 0.758. The molecule has 1 saturated heterocycles. The van der Waals surface area contributed by atoms with Gasteiger partial charge in [0, 0.05) is 39.8 Å². The van der Waals surface area contributed by atoms with Gasteiger partial charge in [0.1, 0.15) is 0 Å².